The van der Waals surface area contributed by atoms with Crippen LogP contribution in [0.3, 0.4) is 0 Å². The Morgan fingerprint density at radius 2 is 0.627 bits per heavy atom. The number of nitrogens with one attached hydrogen (secondary N) is 1. The number of esters is 1. The predicted molar refractivity (Wildman–Crippen MR) is 329 cm³/mol. The van der Waals surface area contributed by atoms with Gasteiger partial charge in [-0.25, -0.2) is 0 Å². The maximum atomic E-state index is 12.4. The van der Waals surface area contributed by atoms with Gasteiger partial charge >= 0.3 is 5.97 Å². The molecule has 75 heavy (non-hydrogen) atoms. The molecule has 0 aromatic carbocycles. The Balaban J connectivity index is 3.34. The van der Waals surface area contributed by atoms with E-state index in [1.165, 1.54) is 315 Å². The summed E-state index contributed by atoms with van der Waals surface area (Å²) in [6.07, 6.45) is 81.2. The van der Waals surface area contributed by atoms with Gasteiger partial charge in [0, 0.05) is 12.8 Å². The monoisotopic (exact) mass is 1060 g/mol. The van der Waals surface area contributed by atoms with Gasteiger partial charge in [-0.3, -0.25) is 9.59 Å². The summed E-state index contributed by atoms with van der Waals surface area (Å²) in [6, 6.07) is -0.625. The molecule has 2 unspecified atom stereocenters. The zero-order chi connectivity index (χ0) is 54.3. The molecule has 0 aromatic rings. The van der Waals surface area contributed by atoms with Gasteiger partial charge in [-0.1, -0.05) is 334 Å². The minimum Gasteiger partial charge on any atom is -0.466 e. The molecule has 0 aliphatic heterocycles. The molecule has 0 saturated carbocycles. The molecule has 0 rings (SSSR count). The van der Waals surface area contributed by atoms with Crippen LogP contribution in [-0.2, 0) is 14.3 Å². The number of amides is 1. The van der Waals surface area contributed by atoms with Gasteiger partial charge in [0.25, 0.3) is 0 Å². The summed E-state index contributed by atoms with van der Waals surface area (Å²) in [5, 5.41) is 23.0. The number of rotatable bonds is 64. The molecule has 1 amide bonds. The van der Waals surface area contributed by atoms with Crippen molar-refractivity contribution < 1.29 is 24.5 Å². The highest BCUT2D eigenvalue weighted by Crippen LogP contribution is 2.18. The molecule has 0 aromatic heterocycles. The van der Waals surface area contributed by atoms with Crippen LogP contribution in [0.5, 0.6) is 0 Å². The lowest BCUT2D eigenvalue weighted by molar-refractivity contribution is -0.143. The first-order valence-corrected chi connectivity index (χ1v) is 34.1. The molecule has 0 heterocycles. The second-order valence-electron chi connectivity index (χ2n) is 23.5. The fraction of sp³-hybridized carbons (Fsp3) is 0.913. The van der Waals surface area contributed by atoms with E-state index >= 15 is 0 Å². The van der Waals surface area contributed by atoms with Crippen LogP contribution in [-0.4, -0.2) is 47.4 Å². The summed E-state index contributed by atoms with van der Waals surface area (Å²) in [6.45, 7) is 4.92. The largest absolute Gasteiger partial charge is 0.466 e. The highest BCUT2D eigenvalue weighted by molar-refractivity contribution is 5.76. The molecule has 0 saturated heterocycles. The lowest BCUT2D eigenvalue weighted by Gasteiger charge is -2.20. The van der Waals surface area contributed by atoms with Gasteiger partial charge in [0.15, 0.2) is 0 Å². The normalized spacial score (nSPS) is 12.6. The molecule has 0 aliphatic rings. The fourth-order valence-electron chi connectivity index (χ4n) is 10.7. The molecule has 0 radical (unpaired) electrons. The van der Waals surface area contributed by atoms with Crippen molar-refractivity contribution in [3.8, 4) is 0 Å². The Morgan fingerprint density at radius 3 is 0.947 bits per heavy atom. The van der Waals surface area contributed by atoms with Crippen molar-refractivity contribution in [1.29, 1.82) is 0 Å². The van der Waals surface area contributed by atoms with Crippen LogP contribution in [0.15, 0.2) is 24.3 Å². The summed E-state index contributed by atoms with van der Waals surface area (Å²) in [4.78, 5) is 24.5. The first kappa shape index (κ1) is 73.3. The van der Waals surface area contributed by atoms with E-state index in [0.717, 1.165) is 38.5 Å². The molecule has 444 valence electrons. The van der Waals surface area contributed by atoms with Gasteiger partial charge in [-0.2, -0.15) is 0 Å². The van der Waals surface area contributed by atoms with Crippen molar-refractivity contribution in [2.45, 2.75) is 392 Å². The summed E-state index contributed by atoms with van der Waals surface area (Å²) < 4.78 is 5.51. The van der Waals surface area contributed by atoms with Crippen molar-refractivity contribution in [3.63, 3.8) is 0 Å². The summed E-state index contributed by atoms with van der Waals surface area (Å²) >= 11 is 0. The molecule has 6 nitrogen and oxygen atoms in total. The maximum Gasteiger partial charge on any atom is 0.305 e. The summed E-state index contributed by atoms with van der Waals surface area (Å²) in [5.74, 6) is -0.0459. The molecule has 0 spiro atoms. The molecule has 3 N–H and O–H groups in total. The van der Waals surface area contributed by atoms with Crippen LogP contribution in [0.25, 0.3) is 0 Å². The van der Waals surface area contributed by atoms with Crippen LogP contribution in [0, 0.1) is 0 Å². The molecule has 2 atom stereocenters. The third kappa shape index (κ3) is 61.4. The topological polar surface area (TPSA) is 95.9 Å². The Hall–Kier alpha value is -1.66. The van der Waals surface area contributed by atoms with E-state index in [9.17, 15) is 19.8 Å². The highest BCUT2D eigenvalue weighted by atomic mass is 16.5. The zero-order valence-corrected chi connectivity index (χ0v) is 50.8. The lowest BCUT2D eigenvalue weighted by atomic mass is 10.0. The molecule has 0 aliphatic carbocycles. The number of carbonyl (C=O) groups excluding carboxylic acids is 2. The van der Waals surface area contributed by atoms with Gasteiger partial charge in [0.2, 0.25) is 5.91 Å². The van der Waals surface area contributed by atoms with Crippen molar-refractivity contribution >= 4 is 11.9 Å². The standard InChI is InChI=1S/C69H133NO5/c1-3-5-7-9-11-13-15-16-17-18-33-36-39-43-47-51-55-59-63-69(74)75-64-60-56-52-48-44-40-37-34-31-29-27-25-23-21-19-20-22-24-26-28-30-32-35-38-42-46-50-54-58-62-68(73)70-66(65-71)67(72)61-57-53-49-45-41-14-12-10-8-6-4-2/h19,21,57,61,66-67,71-72H,3-18,20,22-56,58-60,62-65H2,1-2H3,(H,70,73)/b21-19-,61-57+. The third-order valence-corrected chi connectivity index (χ3v) is 16.0. The predicted octanol–water partition coefficient (Wildman–Crippen LogP) is 21.8. The first-order valence-electron chi connectivity index (χ1n) is 34.1. The molecule has 0 fully saturated rings. The molecule has 6 heteroatoms. The summed E-state index contributed by atoms with van der Waals surface area (Å²) in [5.41, 5.74) is 0. The van der Waals surface area contributed by atoms with E-state index in [1.54, 1.807) is 6.08 Å². The quantitative estimate of drug-likeness (QED) is 0.0320. The number of ether oxygens (including phenoxy) is 1. The number of unbranched alkanes of at least 4 members (excludes halogenated alkanes) is 51. The SMILES string of the molecule is CCCCCCCCCCC/C=C/C(O)C(CO)NC(=O)CCCCCCCCCCCCCCC/C=C\CCCCCCCCCCCCCCOC(=O)CCCCCCCCCCCCCCCCCCCC. The minimum atomic E-state index is -0.842. The van der Waals surface area contributed by atoms with Crippen LogP contribution in [0.4, 0.5) is 0 Å². The van der Waals surface area contributed by atoms with Crippen molar-refractivity contribution in [3.05, 3.63) is 24.3 Å². The maximum absolute atomic E-state index is 12.4. The Labute approximate surface area is 469 Å². The van der Waals surface area contributed by atoms with E-state index in [-0.39, 0.29) is 18.5 Å². The Morgan fingerprint density at radius 1 is 0.360 bits per heavy atom. The number of carbonyl (C=O) groups is 2. The van der Waals surface area contributed by atoms with E-state index in [2.05, 4.69) is 31.3 Å². The van der Waals surface area contributed by atoms with E-state index in [0.29, 0.717) is 19.4 Å². The van der Waals surface area contributed by atoms with Gasteiger partial charge in [-0.15, -0.1) is 0 Å². The number of aliphatic hydroxyl groups excluding tert-OH is 2. The summed E-state index contributed by atoms with van der Waals surface area (Å²) in [7, 11) is 0. The van der Waals surface area contributed by atoms with Gasteiger partial charge < -0.3 is 20.3 Å². The molecule has 0 bridgehead atoms. The first-order chi connectivity index (χ1) is 37.0. The second kappa shape index (κ2) is 64.9. The Kier molecular flexibility index (Phi) is 63.4. The zero-order valence-electron chi connectivity index (χ0n) is 50.8. The highest BCUT2D eigenvalue weighted by Gasteiger charge is 2.18. The van der Waals surface area contributed by atoms with E-state index in [4.69, 9.17) is 4.74 Å². The van der Waals surface area contributed by atoms with Crippen molar-refractivity contribution in [2.24, 2.45) is 0 Å². The van der Waals surface area contributed by atoms with Crippen molar-refractivity contribution in [2.75, 3.05) is 13.2 Å². The van der Waals surface area contributed by atoms with E-state index in [1.807, 2.05) is 6.08 Å². The van der Waals surface area contributed by atoms with Crippen LogP contribution >= 0.6 is 0 Å². The second-order valence-corrected chi connectivity index (χ2v) is 23.5. The van der Waals surface area contributed by atoms with Gasteiger partial charge in [0.05, 0.1) is 25.4 Å². The van der Waals surface area contributed by atoms with Gasteiger partial charge in [0.1, 0.15) is 0 Å². The molecular weight excluding hydrogens is 923 g/mol. The fourth-order valence-corrected chi connectivity index (χ4v) is 10.7. The number of aliphatic hydroxyl groups is 2. The van der Waals surface area contributed by atoms with E-state index < -0.39 is 12.1 Å². The smallest absolute Gasteiger partial charge is 0.305 e. The average Bonchev–Trinajstić information content (AvgIpc) is 3.41. The number of allylic oxidation sites excluding steroid dienone is 3. The minimum absolute atomic E-state index is 0.0210. The van der Waals surface area contributed by atoms with Crippen LogP contribution in [0.1, 0.15) is 380 Å². The van der Waals surface area contributed by atoms with Gasteiger partial charge in [-0.05, 0) is 57.8 Å². The Bertz CT molecular complexity index is 1170. The number of hydrogen-bond acceptors (Lipinski definition) is 5. The van der Waals surface area contributed by atoms with Crippen LogP contribution in [0.2, 0.25) is 0 Å². The van der Waals surface area contributed by atoms with Crippen molar-refractivity contribution in [1.82, 2.24) is 5.32 Å². The average molecular weight is 1060 g/mol. The van der Waals surface area contributed by atoms with Crippen LogP contribution < -0.4 is 5.32 Å². The molecular formula is C69H133NO5. The number of hydrogen-bond donors (Lipinski definition) is 3. The third-order valence-electron chi connectivity index (χ3n) is 16.0. The lowest BCUT2D eigenvalue weighted by Crippen LogP contribution is -2.45.